The zero-order valence-corrected chi connectivity index (χ0v) is 25.0. The number of aliphatic hydroxyl groups excluding tert-OH is 2. The highest BCUT2D eigenvalue weighted by atomic mass is 16.3. The van der Waals surface area contributed by atoms with E-state index in [9.17, 15) is 15.0 Å². The van der Waals surface area contributed by atoms with Crippen molar-refractivity contribution >= 4 is 5.91 Å². The van der Waals surface area contributed by atoms with E-state index < -0.39 is 11.5 Å². The quantitative estimate of drug-likeness (QED) is 0.273. The largest absolute Gasteiger partial charge is 0.396 e. The van der Waals surface area contributed by atoms with Gasteiger partial charge in [-0.1, -0.05) is 39.8 Å². The third kappa shape index (κ3) is 3.62. The van der Waals surface area contributed by atoms with Crippen molar-refractivity contribution < 1.29 is 15.0 Å². The average Bonchev–Trinajstić information content (AvgIpc) is 3.28. The predicted octanol–water partition coefficient (Wildman–Crippen LogP) is 5.44. The zero-order valence-electron chi connectivity index (χ0n) is 25.0. The van der Waals surface area contributed by atoms with Crippen LogP contribution in [0, 0.1) is 56.7 Å². The Balaban J connectivity index is 1.51. The Morgan fingerprint density at radius 1 is 0.947 bits per heavy atom. The lowest BCUT2D eigenvalue weighted by molar-refractivity contribution is -0.252. The van der Waals surface area contributed by atoms with Crippen LogP contribution in [0.5, 0.6) is 0 Å². The maximum Gasteiger partial charge on any atom is 0.226 e. The molecule has 5 rings (SSSR count). The first-order chi connectivity index (χ1) is 17.9. The van der Waals surface area contributed by atoms with Gasteiger partial charge in [-0.2, -0.15) is 0 Å². The lowest BCUT2D eigenvalue weighted by Gasteiger charge is -2.73. The normalized spacial score (nSPS) is 51.8. The Hall–Kier alpha value is -0.910. The molecular weight excluding hydrogens is 472 g/mol. The molecule has 0 aromatic carbocycles. The minimum atomic E-state index is -0.412. The average molecular weight is 529 g/mol. The van der Waals surface area contributed by atoms with Crippen LogP contribution in [0.1, 0.15) is 105 Å². The molecule has 5 saturated carbocycles. The molecule has 0 heterocycles. The van der Waals surface area contributed by atoms with Crippen LogP contribution in [0.15, 0.2) is 12.2 Å². The molecule has 38 heavy (non-hydrogen) atoms. The van der Waals surface area contributed by atoms with E-state index in [4.69, 9.17) is 5.73 Å². The number of nitrogens with two attached hydrogens (primary N) is 1. The summed E-state index contributed by atoms with van der Waals surface area (Å²) in [5, 5.41) is 24.8. The second-order valence-electron chi connectivity index (χ2n) is 15.5. The molecule has 1 amide bonds. The fourth-order valence-electron chi connectivity index (χ4n) is 12.0. The van der Waals surface area contributed by atoms with Gasteiger partial charge in [0, 0.05) is 12.0 Å². The van der Waals surface area contributed by atoms with E-state index >= 15 is 0 Å². The Labute approximate surface area is 231 Å². The van der Waals surface area contributed by atoms with Crippen LogP contribution in [0.2, 0.25) is 0 Å². The van der Waals surface area contributed by atoms with Crippen molar-refractivity contribution in [3.63, 3.8) is 0 Å². The van der Waals surface area contributed by atoms with Gasteiger partial charge in [-0.15, -0.1) is 0 Å². The number of nitrogens with one attached hydrogen (secondary N) is 1. The zero-order chi connectivity index (χ0) is 27.7. The van der Waals surface area contributed by atoms with Gasteiger partial charge in [0.15, 0.2) is 0 Å². The molecule has 0 aromatic rings. The van der Waals surface area contributed by atoms with Crippen molar-refractivity contribution in [1.29, 1.82) is 0 Å². The summed E-state index contributed by atoms with van der Waals surface area (Å²) >= 11 is 0. The molecule has 5 heteroatoms. The van der Waals surface area contributed by atoms with E-state index in [1.165, 1.54) is 18.4 Å². The Kier molecular flexibility index (Phi) is 7.22. The van der Waals surface area contributed by atoms with Crippen LogP contribution in [0.4, 0.5) is 0 Å². The summed E-state index contributed by atoms with van der Waals surface area (Å²) in [7, 11) is 0. The van der Waals surface area contributed by atoms with Gasteiger partial charge in [0.25, 0.3) is 0 Å². The van der Waals surface area contributed by atoms with Gasteiger partial charge in [0.2, 0.25) is 5.91 Å². The summed E-state index contributed by atoms with van der Waals surface area (Å²) in [5.74, 6) is 2.55. The van der Waals surface area contributed by atoms with Gasteiger partial charge < -0.3 is 21.3 Å². The van der Waals surface area contributed by atoms with E-state index in [0.717, 1.165) is 57.8 Å². The lowest BCUT2D eigenvalue weighted by Crippen LogP contribution is -2.68. The van der Waals surface area contributed by atoms with Gasteiger partial charge in [-0.05, 0) is 130 Å². The van der Waals surface area contributed by atoms with E-state index in [0.29, 0.717) is 42.7 Å². The predicted molar refractivity (Wildman–Crippen MR) is 153 cm³/mol. The molecule has 5 fully saturated rings. The molecule has 5 nitrogen and oxygen atoms in total. The first-order valence-corrected chi connectivity index (χ1v) is 15.8. The number of rotatable bonds is 6. The minimum Gasteiger partial charge on any atom is -0.396 e. The van der Waals surface area contributed by atoms with Crippen molar-refractivity contribution in [2.24, 2.45) is 62.4 Å². The number of allylic oxidation sites excluding steroid dienone is 1. The molecule has 0 bridgehead atoms. The van der Waals surface area contributed by atoms with Gasteiger partial charge >= 0.3 is 0 Å². The number of carbonyl (C=O) groups is 1. The third-order valence-corrected chi connectivity index (χ3v) is 14.3. The Morgan fingerprint density at radius 3 is 2.34 bits per heavy atom. The lowest BCUT2D eigenvalue weighted by atomic mass is 9.32. The van der Waals surface area contributed by atoms with E-state index in [1.807, 2.05) is 0 Å². The molecule has 0 radical (unpaired) electrons. The van der Waals surface area contributed by atoms with Crippen LogP contribution < -0.4 is 11.1 Å². The fraction of sp³-hybridized carbons (Fsp3) is 0.909. The fourth-order valence-corrected chi connectivity index (χ4v) is 12.0. The van der Waals surface area contributed by atoms with Gasteiger partial charge in [-0.25, -0.2) is 0 Å². The SMILES string of the molecule is C=C(C)[C@@H]1CC[C@]2(C(=O)NCCCN)CC[C@]3(C)C(CC[C@@H]4[C@@]5(C)CCC(O)[C@@](C)(CO)[C@@H]5CC[C@]43C)[C@@H]12. The Morgan fingerprint density at radius 2 is 1.68 bits per heavy atom. The third-order valence-electron chi connectivity index (χ3n) is 14.3. The second kappa shape index (κ2) is 9.58. The molecule has 5 aliphatic rings. The van der Waals surface area contributed by atoms with Gasteiger partial charge in [0.1, 0.15) is 0 Å². The maximum absolute atomic E-state index is 13.9. The summed E-state index contributed by atoms with van der Waals surface area (Å²) in [5.41, 5.74) is 6.84. The van der Waals surface area contributed by atoms with E-state index in [1.54, 1.807) is 0 Å². The van der Waals surface area contributed by atoms with E-state index in [-0.39, 0.29) is 34.2 Å². The molecule has 11 atom stereocenters. The number of hydrogen-bond acceptors (Lipinski definition) is 4. The van der Waals surface area contributed by atoms with Crippen LogP contribution in [-0.2, 0) is 4.79 Å². The van der Waals surface area contributed by atoms with Crippen LogP contribution in [0.3, 0.4) is 0 Å². The van der Waals surface area contributed by atoms with Crippen LogP contribution in [-0.4, -0.2) is 41.9 Å². The van der Waals surface area contributed by atoms with Crippen molar-refractivity contribution in [2.75, 3.05) is 19.7 Å². The topological polar surface area (TPSA) is 95.6 Å². The van der Waals surface area contributed by atoms with Crippen molar-refractivity contribution in [3.05, 3.63) is 12.2 Å². The number of amides is 1. The maximum atomic E-state index is 13.9. The van der Waals surface area contributed by atoms with Crippen LogP contribution in [0.25, 0.3) is 0 Å². The minimum absolute atomic E-state index is 0.0713. The standard InChI is InChI=1S/C33H56N2O3/c1-21(2)22-10-15-33(28(38)35-19-7-18-34)17-16-31(5)23(27(22)33)8-9-25-29(3)13-12-26(37)30(4,20-36)24(29)11-14-32(25,31)6/h22-27,36-37H,1,7-20,34H2,2-6H3,(H,35,38)/t22-,23?,24+,25+,26?,27+,29-,30-,31+,32+,33-/m0/s1. The summed E-state index contributed by atoms with van der Waals surface area (Å²) in [4.78, 5) is 13.9. The molecule has 5 aliphatic carbocycles. The highest BCUT2D eigenvalue weighted by Gasteiger charge is 2.72. The molecule has 0 aliphatic heterocycles. The number of hydrogen-bond donors (Lipinski definition) is 4. The molecular formula is C33H56N2O3. The number of aliphatic hydroxyl groups is 2. The first-order valence-electron chi connectivity index (χ1n) is 15.8. The number of fused-ring (bicyclic) bond motifs is 7. The molecule has 0 aromatic heterocycles. The second-order valence-corrected chi connectivity index (χ2v) is 15.5. The molecule has 0 spiro atoms. The molecule has 0 saturated heterocycles. The highest BCUT2D eigenvalue weighted by Crippen LogP contribution is 2.77. The van der Waals surface area contributed by atoms with Crippen LogP contribution >= 0.6 is 0 Å². The highest BCUT2D eigenvalue weighted by molar-refractivity contribution is 5.83. The van der Waals surface area contributed by atoms with Crippen molar-refractivity contribution in [1.82, 2.24) is 5.32 Å². The van der Waals surface area contributed by atoms with Gasteiger partial charge in [0.05, 0.1) is 18.1 Å². The van der Waals surface area contributed by atoms with E-state index in [2.05, 4.69) is 46.5 Å². The van der Waals surface area contributed by atoms with Crippen molar-refractivity contribution in [2.45, 2.75) is 111 Å². The summed E-state index contributed by atoms with van der Waals surface area (Å²) in [6, 6.07) is 0. The summed E-state index contributed by atoms with van der Waals surface area (Å²) < 4.78 is 0. The molecule has 2 unspecified atom stereocenters. The molecule has 5 N–H and O–H groups in total. The summed E-state index contributed by atoms with van der Waals surface area (Å²) in [6.45, 7) is 17.9. The van der Waals surface area contributed by atoms with Crippen molar-refractivity contribution in [3.8, 4) is 0 Å². The smallest absolute Gasteiger partial charge is 0.226 e. The number of carbonyl (C=O) groups excluding carboxylic acids is 1. The monoisotopic (exact) mass is 528 g/mol. The molecule has 216 valence electrons. The first kappa shape index (κ1) is 28.6. The van der Waals surface area contributed by atoms with Gasteiger partial charge in [-0.3, -0.25) is 4.79 Å². The summed E-state index contributed by atoms with van der Waals surface area (Å²) in [6.07, 6.45) is 11.1. The Bertz CT molecular complexity index is 953.